The topological polar surface area (TPSA) is 62.3 Å². The van der Waals surface area contributed by atoms with Crippen molar-refractivity contribution in [1.82, 2.24) is 15.2 Å². The first-order chi connectivity index (χ1) is 13.1. The Morgan fingerprint density at radius 1 is 1.19 bits per heavy atom. The Morgan fingerprint density at radius 3 is 2.63 bits per heavy atom. The van der Waals surface area contributed by atoms with Crippen LogP contribution in [0.1, 0.15) is 31.7 Å². The van der Waals surface area contributed by atoms with Crippen molar-refractivity contribution in [3.63, 3.8) is 0 Å². The summed E-state index contributed by atoms with van der Waals surface area (Å²) in [4.78, 5) is 31.2. The number of likely N-dealkylation sites (tertiary alicyclic amines) is 1. The molecule has 2 aromatic rings. The maximum absolute atomic E-state index is 12.9. The molecule has 0 aliphatic carbocycles. The van der Waals surface area contributed by atoms with Crippen LogP contribution in [0.4, 0.5) is 0 Å². The van der Waals surface area contributed by atoms with Crippen LogP contribution < -0.4 is 5.32 Å². The maximum Gasteiger partial charge on any atom is 0.228 e. The largest absolute Gasteiger partial charge is 0.359 e. The third-order valence-electron chi connectivity index (χ3n) is 5.42. The van der Waals surface area contributed by atoms with E-state index in [1.54, 1.807) is 19.4 Å². The Bertz CT molecular complexity index is 806. The van der Waals surface area contributed by atoms with E-state index in [0.717, 1.165) is 23.1 Å². The number of amides is 2. The molecule has 1 saturated heterocycles. The quantitative estimate of drug-likeness (QED) is 0.856. The summed E-state index contributed by atoms with van der Waals surface area (Å²) in [7, 11) is 1.68. The highest BCUT2D eigenvalue weighted by atomic mass is 16.2. The lowest BCUT2D eigenvalue weighted by Crippen LogP contribution is -2.44. The molecule has 1 fully saturated rings. The zero-order chi connectivity index (χ0) is 19.3. The number of benzene rings is 1. The molecule has 5 nitrogen and oxygen atoms in total. The van der Waals surface area contributed by atoms with Crippen molar-refractivity contribution in [2.75, 3.05) is 20.1 Å². The number of nitrogens with zero attached hydrogens (tertiary/aromatic N) is 2. The van der Waals surface area contributed by atoms with E-state index in [1.165, 1.54) is 0 Å². The molecule has 2 heterocycles. The number of rotatable bonds is 6. The Hall–Kier alpha value is -2.69. The van der Waals surface area contributed by atoms with Crippen LogP contribution in [0.15, 0.2) is 48.8 Å². The summed E-state index contributed by atoms with van der Waals surface area (Å²) in [6.45, 7) is 3.13. The molecule has 1 aromatic carbocycles. The first kappa shape index (κ1) is 19.1. The molecule has 3 rings (SSSR count). The fourth-order valence-electron chi connectivity index (χ4n) is 3.98. The van der Waals surface area contributed by atoms with Crippen LogP contribution in [0.5, 0.6) is 0 Å². The Kier molecular flexibility index (Phi) is 5.89. The standard InChI is InChI=1S/C22H27N3O2/c1-3-6-20(26)25-14-11-22(16-25,21(27)23-2)15-18-7-4-5-8-19(18)17-9-12-24-13-10-17/h4-5,7-10,12-13H,3,6,11,14-16H2,1-2H3,(H,23,27). The lowest BCUT2D eigenvalue weighted by molar-refractivity contribution is -0.133. The Balaban J connectivity index is 1.92. The number of hydrogen-bond donors (Lipinski definition) is 1. The minimum Gasteiger partial charge on any atom is -0.359 e. The molecule has 0 radical (unpaired) electrons. The number of carbonyl (C=O) groups is 2. The average molecular weight is 365 g/mol. The second-order valence-corrected chi connectivity index (χ2v) is 7.24. The molecule has 1 N–H and O–H groups in total. The summed E-state index contributed by atoms with van der Waals surface area (Å²) in [5, 5.41) is 2.83. The van der Waals surface area contributed by atoms with Crippen LogP contribution in [0.3, 0.4) is 0 Å². The van der Waals surface area contributed by atoms with Gasteiger partial charge in [-0.1, -0.05) is 31.2 Å². The summed E-state index contributed by atoms with van der Waals surface area (Å²) in [5.41, 5.74) is 2.74. The van der Waals surface area contributed by atoms with E-state index in [4.69, 9.17) is 0 Å². The Morgan fingerprint density at radius 2 is 1.93 bits per heavy atom. The van der Waals surface area contributed by atoms with Crippen molar-refractivity contribution in [3.05, 3.63) is 54.4 Å². The zero-order valence-corrected chi connectivity index (χ0v) is 16.1. The molecular formula is C22H27N3O2. The van der Waals surface area contributed by atoms with Gasteiger partial charge in [0.2, 0.25) is 11.8 Å². The number of carbonyl (C=O) groups excluding carboxylic acids is 2. The van der Waals surface area contributed by atoms with Gasteiger partial charge in [0, 0.05) is 39.0 Å². The molecule has 5 heteroatoms. The van der Waals surface area contributed by atoms with Gasteiger partial charge in [0.05, 0.1) is 5.41 Å². The van der Waals surface area contributed by atoms with E-state index in [1.807, 2.05) is 36.1 Å². The molecule has 27 heavy (non-hydrogen) atoms. The highest BCUT2D eigenvalue weighted by molar-refractivity contribution is 5.86. The zero-order valence-electron chi connectivity index (χ0n) is 16.1. The highest BCUT2D eigenvalue weighted by Crippen LogP contribution is 2.37. The number of nitrogens with one attached hydrogen (secondary N) is 1. The van der Waals surface area contributed by atoms with Gasteiger partial charge in [-0.15, -0.1) is 0 Å². The fraction of sp³-hybridized carbons (Fsp3) is 0.409. The summed E-state index contributed by atoms with van der Waals surface area (Å²) in [5.74, 6) is 0.157. The second-order valence-electron chi connectivity index (χ2n) is 7.24. The first-order valence-corrected chi connectivity index (χ1v) is 9.58. The highest BCUT2D eigenvalue weighted by Gasteiger charge is 2.45. The maximum atomic E-state index is 12.9. The van der Waals surface area contributed by atoms with E-state index in [2.05, 4.69) is 22.4 Å². The number of pyridine rings is 1. The van der Waals surface area contributed by atoms with Gasteiger partial charge in [-0.05, 0) is 48.1 Å². The van der Waals surface area contributed by atoms with Gasteiger partial charge in [0.1, 0.15) is 0 Å². The fourth-order valence-corrected chi connectivity index (χ4v) is 3.98. The van der Waals surface area contributed by atoms with Crippen LogP contribution in [0, 0.1) is 5.41 Å². The smallest absolute Gasteiger partial charge is 0.228 e. The van der Waals surface area contributed by atoms with Gasteiger partial charge in [-0.25, -0.2) is 0 Å². The van der Waals surface area contributed by atoms with Crippen molar-refractivity contribution in [1.29, 1.82) is 0 Å². The predicted octanol–water partition coefficient (Wildman–Crippen LogP) is 3.06. The molecule has 1 aliphatic heterocycles. The molecule has 1 unspecified atom stereocenters. The molecule has 142 valence electrons. The molecule has 0 spiro atoms. The minimum atomic E-state index is -0.582. The van der Waals surface area contributed by atoms with Gasteiger partial charge in [0.15, 0.2) is 0 Å². The van der Waals surface area contributed by atoms with Crippen LogP contribution >= 0.6 is 0 Å². The predicted molar refractivity (Wildman–Crippen MR) is 106 cm³/mol. The SMILES string of the molecule is CCCC(=O)N1CCC(Cc2ccccc2-c2ccncc2)(C(=O)NC)C1. The van der Waals surface area contributed by atoms with Gasteiger partial charge in [-0.2, -0.15) is 0 Å². The molecular weight excluding hydrogens is 338 g/mol. The summed E-state index contributed by atoms with van der Waals surface area (Å²) < 4.78 is 0. The molecule has 1 atom stereocenters. The average Bonchev–Trinajstić information content (AvgIpc) is 3.14. The van der Waals surface area contributed by atoms with E-state index < -0.39 is 5.41 Å². The Labute approximate surface area is 160 Å². The molecule has 2 amide bonds. The van der Waals surface area contributed by atoms with E-state index in [0.29, 0.717) is 32.4 Å². The normalized spacial score (nSPS) is 19.1. The van der Waals surface area contributed by atoms with Crippen LogP contribution in [0.2, 0.25) is 0 Å². The van der Waals surface area contributed by atoms with E-state index in [-0.39, 0.29) is 11.8 Å². The lowest BCUT2D eigenvalue weighted by atomic mass is 9.78. The summed E-state index contributed by atoms with van der Waals surface area (Å²) in [6, 6.07) is 12.1. The molecule has 0 bridgehead atoms. The van der Waals surface area contributed by atoms with Gasteiger partial charge < -0.3 is 10.2 Å². The molecule has 1 aliphatic rings. The monoisotopic (exact) mass is 365 g/mol. The van der Waals surface area contributed by atoms with Crippen LogP contribution in [0.25, 0.3) is 11.1 Å². The minimum absolute atomic E-state index is 0.0128. The number of aromatic nitrogens is 1. The van der Waals surface area contributed by atoms with Crippen LogP contribution in [-0.4, -0.2) is 41.8 Å². The second kappa shape index (κ2) is 8.33. The van der Waals surface area contributed by atoms with Crippen molar-refractivity contribution >= 4 is 11.8 Å². The van der Waals surface area contributed by atoms with Crippen LogP contribution in [-0.2, 0) is 16.0 Å². The summed E-state index contributed by atoms with van der Waals surface area (Å²) in [6.07, 6.45) is 6.22. The molecule has 0 saturated carbocycles. The van der Waals surface area contributed by atoms with Crippen molar-refractivity contribution < 1.29 is 9.59 Å². The van der Waals surface area contributed by atoms with Crippen molar-refractivity contribution in [2.45, 2.75) is 32.6 Å². The van der Waals surface area contributed by atoms with E-state index >= 15 is 0 Å². The van der Waals surface area contributed by atoms with Crippen molar-refractivity contribution in [3.8, 4) is 11.1 Å². The molecule has 1 aromatic heterocycles. The van der Waals surface area contributed by atoms with Gasteiger partial charge in [-0.3, -0.25) is 14.6 Å². The summed E-state index contributed by atoms with van der Waals surface area (Å²) >= 11 is 0. The van der Waals surface area contributed by atoms with Crippen molar-refractivity contribution in [2.24, 2.45) is 5.41 Å². The van der Waals surface area contributed by atoms with Gasteiger partial charge >= 0.3 is 0 Å². The third kappa shape index (κ3) is 4.02. The van der Waals surface area contributed by atoms with E-state index in [9.17, 15) is 9.59 Å². The number of hydrogen-bond acceptors (Lipinski definition) is 3. The lowest BCUT2D eigenvalue weighted by Gasteiger charge is -2.28. The first-order valence-electron chi connectivity index (χ1n) is 9.58. The van der Waals surface area contributed by atoms with Gasteiger partial charge in [0.25, 0.3) is 0 Å². The third-order valence-corrected chi connectivity index (χ3v) is 5.42.